The number of carbonyl (C=O) groups excluding carboxylic acids is 2. The minimum atomic E-state index is -0.251. The molecule has 4 nitrogen and oxygen atoms in total. The molecule has 2 atom stereocenters. The van der Waals surface area contributed by atoms with Crippen molar-refractivity contribution in [2.75, 3.05) is 19.3 Å². The van der Waals surface area contributed by atoms with Crippen molar-refractivity contribution in [3.05, 3.63) is 0 Å². The number of carbonyl (C=O) groups is 2. The lowest BCUT2D eigenvalue weighted by atomic mass is 10.1. The summed E-state index contributed by atoms with van der Waals surface area (Å²) >= 11 is 1.75. The highest BCUT2D eigenvalue weighted by atomic mass is 32.2. The Morgan fingerprint density at radius 2 is 2.28 bits per heavy atom. The molecule has 0 aliphatic carbocycles. The third-order valence-corrected chi connectivity index (χ3v) is 5.25. The molecule has 2 unspecified atom stereocenters. The molecule has 0 aromatic carbocycles. The molecule has 2 amide bonds. The fraction of sp³-hybridized carbons (Fsp3) is 0.846. The van der Waals surface area contributed by atoms with Gasteiger partial charge in [0.2, 0.25) is 11.8 Å². The first-order valence-corrected chi connectivity index (χ1v) is 7.55. The molecule has 0 aromatic heterocycles. The van der Waals surface area contributed by atoms with Crippen LogP contribution in [0.15, 0.2) is 0 Å². The van der Waals surface area contributed by atoms with Crippen LogP contribution in [0.2, 0.25) is 0 Å². The number of amides is 2. The monoisotopic (exact) mass is 270 g/mol. The van der Waals surface area contributed by atoms with Gasteiger partial charge in [-0.25, -0.2) is 0 Å². The average Bonchev–Trinajstić information content (AvgIpc) is 2.75. The zero-order chi connectivity index (χ0) is 13.5. The van der Waals surface area contributed by atoms with Crippen LogP contribution < -0.4 is 0 Å². The number of hydrogen-bond donors (Lipinski definition) is 0. The predicted molar refractivity (Wildman–Crippen MR) is 73.2 cm³/mol. The minimum absolute atomic E-state index is 0.0928. The van der Waals surface area contributed by atoms with Gasteiger partial charge in [-0.1, -0.05) is 13.8 Å². The van der Waals surface area contributed by atoms with Gasteiger partial charge in [0.15, 0.2) is 0 Å². The van der Waals surface area contributed by atoms with Crippen LogP contribution in [0, 0.1) is 5.92 Å². The third-order valence-electron chi connectivity index (χ3n) is 3.75. The standard InChI is InChI=1S/C13H22N2O2S/c1-9(2)7-14(4)12(17)10-8-18-13(3)6-5-11(16)15(10)13/h9-10H,5-8H2,1-4H3. The summed E-state index contributed by atoms with van der Waals surface area (Å²) in [7, 11) is 1.84. The van der Waals surface area contributed by atoms with Crippen LogP contribution in [0.4, 0.5) is 0 Å². The lowest BCUT2D eigenvalue weighted by molar-refractivity contribution is -0.143. The van der Waals surface area contributed by atoms with Crippen LogP contribution in [0.5, 0.6) is 0 Å². The number of fused-ring (bicyclic) bond motifs is 1. The van der Waals surface area contributed by atoms with Gasteiger partial charge in [0, 0.05) is 25.8 Å². The maximum absolute atomic E-state index is 12.4. The van der Waals surface area contributed by atoms with E-state index in [-0.39, 0.29) is 22.7 Å². The molecular weight excluding hydrogens is 248 g/mol. The number of rotatable bonds is 3. The minimum Gasteiger partial charge on any atom is -0.344 e. The highest BCUT2D eigenvalue weighted by molar-refractivity contribution is 8.01. The Labute approximate surface area is 113 Å². The quantitative estimate of drug-likeness (QED) is 0.781. The molecule has 2 saturated heterocycles. The van der Waals surface area contributed by atoms with Crippen molar-refractivity contribution in [2.24, 2.45) is 5.92 Å². The molecule has 0 saturated carbocycles. The first-order valence-electron chi connectivity index (χ1n) is 6.56. The van der Waals surface area contributed by atoms with Crippen molar-refractivity contribution in [3.8, 4) is 0 Å². The molecule has 0 bridgehead atoms. The van der Waals surface area contributed by atoms with Crippen molar-refractivity contribution < 1.29 is 9.59 Å². The van der Waals surface area contributed by atoms with Gasteiger partial charge >= 0.3 is 0 Å². The number of thioether (sulfide) groups is 1. The first kappa shape index (κ1) is 13.7. The Morgan fingerprint density at radius 3 is 2.89 bits per heavy atom. The molecule has 2 heterocycles. The van der Waals surface area contributed by atoms with E-state index >= 15 is 0 Å². The smallest absolute Gasteiger partial charge is 0.246 e. The van der Waals surface area contributed by atoms with E-state index in [9.17, 15) is 9.59 Å². The van der Waals surface area contributed by atoms with E-state index in [4.69, 9.17) is 0 Å². The molecule has 18 heavy (non-hydrogen) atoms. The van der Waals surface area contributed by atoms with Crippen LogP contribution in [-0.2, 0) is 9.59 Å². The molecule has 0 N–H and O–H groups in total. The lowest BCUT2D eigenvalue weighted by Crippen LogP contribution is -2.51. The van der Waals surface area contributed by atoms with Crippen LogP contribution in [-0.4, -0.2) is 51.9 Å². The SMILES string of the molecule is CC(C)CN(C)C(=O)C1CSC2(C)CCC(=O)N12. The second-order valence-corrected chi connectivity index (χ2v) is 7.38. The van der Waals surface area contributed by atoms with Gasteiger partial charge in [0.05, 0.1) is 4.87 Å². The molecule has 2 fully saturated rings. The molecule has 2 aliphatic heterocycles. The normalized spacial score (nSPS) is 31.1. The van der Waals surface area contributed by atoms with E-state index in [0.29, 0.717) is 12.3 Å². The number of likely N-dealkylation sites (N-methyl/N-ethyl adjacent to an activating group) is 1. The van der Waals surface area contributed by atoms with Crippen molar-refractivity contribution in [1.29, 1.82) is 0 Å². The van der Waals surface area contributed by atoms with E-state index in [1.54, 1.807) is 16.7 Å². The number of nitrogens with zero attached hydrogens (tertiary/aromatic N) is 2. The summed E-state index contributed by atoms with van der Waals surface area (Å²) < 4.78 is 0. The average molecular weight is 270 g/mol. The highest BCUT2D eigenvalue weighted by Crippen LogP contribution is 2.47. The molecular formula is C13H22N2O2S. The van der Waals surface area contributed by atoms with E-state index in [1.165, 1.54) is 0 Å². The predicted octanol–water partition coefficient (Wildman–Crippen LogP) is 1.55. The molecule has 102 valence electrons. The second-order valence-electron chi connectivity index (χ2n) is 5.88. The van der Waals surface area contributed by atoms with Crippen molar-refractivity contribution in [3.63, 3.8) is 0 Å². The molecule has 2 aliphatic rings. The third kappa shape index (κ3) is 2.25. The Morgan fingerprint density at radius 1 is 1.61 bits per heavy atom. The topological polar surface area (TPSA) is 40.6 Å². The van der Waals surface area contributed by atoms with Gasteiger partial charge in [0.1, 0.15) is 6.04 Å². The number of hydrogen-bond acceptors (Lipinski definition) is 3. The van der Waals surface area contributed by atoms with Crippen LogP contribution in [0.25, 0.3) is 0 Å². The van der Waals surface area contributed by atoms with Gasteiger partial charge in [-0.3, -0.25) is 9.59 Å². The summed E-state index contributed by atoms with van der Waals surface area (Å²) in [5.74, 6) is 1.42. The highest BCUT2D eigenvalue weighted by Gasteiger charge is 2.53. The Bertz CT molecular complexity index is 372. The lowest BCUT2D eigenvalue weighted by Gasteiger charge is -2.32. The van der Waals surface area contributed by atoms with Crippen LogP contribution >= 0.6 is 11.8 Å². The van der Waals surface area contributed by atoms with Crippen molar-refractivity contribution >= 4 is 23.6 Å². The molecule has 0 radical (unpaired) electrons. The molecule has 5 heteroatoms. The van der Waals surface area contributed by atoms with E-state index in [2.05, 4.69) is 20.8 Å². The first-order chi connectivity index (χ1) is 8.35. The van der Waals surface area contributed by atoms with E-state index in [1.807, 2.05) is 11.9 Å². The van der Waals surface area contributed by atoms with E-state index in [0.717, 1.165) is 18.7 Å². The zero-order valence-electron chi connectivity index (χ0n) is 11.6. The molecule has 0 aromatic rings. The summed E-state index contributed by atoms with van der Waals surface area (Å²) in [6.45, 7) is 7.02. The summed E-state index contributed by atoms with van der Waals surface area (Å²) in [5.41, 5.74) is 0. The van der Waals surface area contributed by atoms with Gasteiger partial charge in [-0.15, -0.1) is 11.8 Å². The van der Waals surface area contributed by atoms with Gasteiger partial charge < -0.3 is 9.80 Å². The zero-order valence-corrected chi connectivity index (χ0v) is 12.4. The fourth-order valence-electron chi connectivity index (χ4n) is 2.90. The summed E-state index contributed by atoms with van der Waals surface area (Å²) in [4.78, 5) is 27.9. The van der Waals surface area contributed by atoms with E-state index < -0.39 is 0 Å². The maximum Gasteiger partial charge on any atom is 0.246 e. The van der Waals surface area contributed by atoms with Crippen molar-refractivity contribution in [2.45, 2.75) is 44.5 Å². The van der Waals surface area contributed by atoms with Crippen molar-refractivity contribution in [1.82, 2.24) is 9.80 Å². The van der Waals surface area contributed by atoms with Crippen LogP contribution in [0.1, 0.15) is 33.6 Å². The van der Waals surface area contributed by atoms with Gasteiger partial charge in [-0.05, 0) is 19.3 Å². The summed E-state index contributed by atoms with van der Waals surface area (Å²) in [6, 6.07) is -0.251. The molecule has 0 spiro atoms. The Kier molecular flexibility index (Phi) is 3.63. The largest absolute Gasteiger partial charge is 0.344 e. The summed E-state index contributed by atoms with van der Waals surface area (Å²) in [5, 5.41) is 0. The summed E-state index contributed by atoms with van der Waals surface area (Å²) in [6.07, 6.45) is 1.45. The Hall–Kier alpha value is -0.710. The maximum atomic E-state index is 12.4. The van der Waals surface area contributed by atoms with Crippen LogP contribution in [0.3, 0.4) is 0 Å². The fourth-order valence-corrected chi connectivity index (χ4v) is 4.32. The van der Waals surface area contributed by atoms with Gasteiger partial charge in [-0.2, -0.15) is 0 Å². The molecule has 2 rings (SSSR count). The van der Waals surface area contributed by atoms with Gasteiger partial charge in [0.25, 0.3) is 0 Å². The second kappa shape index (κ2) is 4.76. The Balaban J connectivity index is 2.10.